The average molecular weight is 527 g/mol. The van der Waals surface area contributed by atoms with Gasteiger partial charge >= 0.3 is 12.1 Å². The SMILES string of the molecule is CCOC(=O)c1cc(C)ccc1-c1ccccc1-c1cc(C(F)(F)F)ccc1OCc1ccc(F)cc1F. The summed E-state index contributed by atoms with van der Waals surface area (Å²) in [5.74, 6) is -2.10. The molecule has 0 N–H and O–H groups in total. The van der Waals surface area contributed by atoms with E-state index in [-0.39, 0.29) is 35.7 Å². The molecule has 0 aliphatic rings. The lowest BCUT2D eigenvalue weighted by atomic mass is 9.90. The minimum absolute atomic E-state index is 0.0358. The summed E-state index contributed by atoms with van der Waals surface area (Å²) in [7, 11) is 0. The van der Waals surface area contributed by atoms with Crippen LogP contribution in [0.3, 0.4) is 0 Å². The van der Waals surface area contributed by atoms with E-state index in [1.54, 1.807) is 49.4 Å². The summed E-state index contributed by atoms with van der Waals surface area (Å²) >= 11 is 0. The smallest absolute Gasteiger partial charge is 0.416 e. The van der Waals surface area contributed by atoms with Crippen LogP contribution in [0.1, 0.15) is 34.0 Å². The zero-order valence-corrected chi connectivity index (χ0v) is 20.5. The quantitative estimate of drug-likeness (QED) is 0.179. The number of carbonyl (C=O) groups excluding carboxylic acids is 1. The Labute approximate surface area is 216 Å². The van der Waals surface area contributed by atoms with Gasteiger partial charge in [0.25, 0.3) is 0 Å². The second-order valence-corrected chi connectivity index (χ2v) is 8.55. The Morgan fingerprint density at radius 3 is 2.18 bits per heavy atom. The second-order valence-electron chi connectivity index (χ2n) is 8.55. The molecule has 0 saturated carbocycles. The number of carbonyl (C=O) groups is 1. The van der Waals surface area contributed by atoms with E-state index in [1.807, 2.05) is 6.92 Å². The molecule has 0 aromatic heterocycles. The third-order valence-electron chi connectivity index (χ3n) is 5.88. The number of halogens is 5. The van der Waals surface area contributed by atoms with Crippen molar-refractivity contribution in [2.24, 2.45) is 0 Å². The normalized spacial score (nSPS) is 11.3. The summed E-state index contributed by atoms with van der Waals surface area (Å²) in [6.45, 7) is 3.30. The topological polar surface area (TPSA) is 35.5 Å². The van der Waals surface area contributed by atoms with Gasteiger partial charge in [0, 0.05) is 17.2 Å². The highest BCUT2D eigenvalue weighted by Gasteiger charge is 2.32. The van der Waals surface area contributed by atoms with E-state index in [9.17, 15) is 26.7 Å². The molecule has 0 unspecified atom stereocenters. The van der Waals surface area contributed by atoms with E-state index in [0.717, 1.165) is 29.8 Å². The Kier molecular flexibility index (Phi) is 7.80. The molecule has 0 radical (unpaired) electrons. The van der Waals surface area contributed by atoms with Crippen LogP contribution in [0, 0.1) is 18.6 Å². The monoisotopic (exact) mass is 526 g/mol. The van der Waals surface area contributed by atoms with E-state index in [1.165, 1.54) is 6.07 Å². The number of hydrogen-bond donors (Lipinski definition) is 0. The summed E-state index contributed by atoms with van der Waals surface area (Å²) in [4.78, 5) is 12.7. The van der Waals surface area contributed by atoms with E-state index in [2.05, 4.69) is 0 Å². The first kappa shape index (κ1) is 26.9. The van der Waals surface area contributed by atoms with Crippen LogP contribution in [0.4, 0.5) is 22.0 Å². The molecular formula is C30H23F5O3. The number of aryl methyl sites for hydroxylation is 1. The van der Waals surface area contributed by atoms with Gasteiger partial charge in [-0.3, -0.25) is 0 Å². The van der Waals surface area contributed by atoms with Gasteiger partial charge in [0.2, 0.25) is 0 Å². The molecule has 4 aromatic rings. The van der Waals surface area contributed by atoms with Crippen molar-refractivity contribution in [1.82, 2.24) is 0 Å². The van der Waals surface area contributed by atoms with Crippen molar-refractivity contribution in [2.75, 3.05) is 6.61 Å². The Morgan fingerprint density at radius 1 is 0.816 bits per heavy atom. The molecule has 3 nitrogen and oxygen atoms in total. The van der Waals surface area contributed by atoms with Gasteiger partial charge in [-0.05, 0) is 66.9 Å². The zero-order chi connectivity index (χ0) is 27.4. The lowest BCUT2D eigenvalue weighted by molar-refractivity contribution is -0.137. The molecule has 0 fully saturated rings. The molecule has 0 aliphatic heterocycles. The standard InChI is InChI=1S/C30H23F5O3/c1-3-37-29(36)26-14-18(2)8-12-24(26)22-6-4-5-7-23(22)25-15-20(30(33,34)35)10-13-28(25)38-17-19-9-11-21(31)16-27(19)32/h4-16H,3,17H2,1-2H3. The molecule has 8 heteroatoms. The molecule has 38 heavy (non-hydrogen) atoms. The third-order valence-corrected chi connectivity index (χ3v) is 5.88. The highest BCUT2D eigenvalue weighted by atomic mass is 19.4. The van der Waals surface area contributed by atoms with Crippen LogP contribution in [0.2, 0.25) is 0 Å². The number of rotatable bonds is 7. The number of alkyl halides is 3. The van der Waals surface area contributed by atoms with Crippen molar-refractivity contribution in [3.05, 3.63) is 113 Å². The predicted molar refractivity (Wildman–Crippen MR) is 134 cm³/mol. The zero-order valence-electron chi connectivity index (χ0n) is 20.5. The summed E-state index contributed by atoms with van der Waals surface area (Å²) in [5, 5.41) is 0. The average Bonchev–Trinajstić information content (AvgIpc) is 2.88. The fraction of sp³-hybridized carbons (Fsp3) is 0.167. The molecule has 0 aliphatic carbocycles. The number of esters is 1. The van der Waals surface area contributed by atoms with E-state index < -0.39 is 29.3 Å². The molecule has 4 aromatic carbocycles. The first-order valence-corrected chi connectivity index (χ1v) is 11.7. The van der Waals surface area contributed by atoms with Crippen LogP contribution >= 0.6 is 0 Å². The van der Waals surface area contributed by atoms with Crippen LogP contribution in [0.5, 0.6) is 5.75 Å². The Morgan fingerprint density at radius 2 is 1.53 bits per heavy atom. The molecular weight excluding hydrogens is 503 g/mol. The van der Waals surface area contributed by atoms with Gasteiger partial charge in [0.1, 0.15) is 24.0 Å². The van der Waals surface area contributed by atoms with E-state index >= 15 is 0 Å². The predicted octanol–water partition coefficient (Wildman–Crippen LogP) is 8.38. The molecule has 0 atom stereocenters. The summed E-state index contributed by atoms with van der Waals surface area (Å²) in [6.07, 6.45) is -4.63. The molecule has 0 saturated heterocycles. The Bertz CT molecular complexity index is 1480. The summed E-state index contributed by atoms with van der Waals surface area (Å²) in [5.41, 5.74) is 1.60. The minimum atomic E-state index is -4.63. The van der Waals surface area contributed by atoms with Crippen molar-refractivity contribution in [1.29, 1.82) is 0 Å². The lowest BCUT2D eigenvalue weighted by Crippen LogP contribution is -2.08. The molecule has 0 amide bonds. The van der Waals surface area contributed by atoms with Crippen molar-refractivity contribution in [3.8, 4) is 28.0 Å². The van der Waals surface area contributed by atoms with Crippen molar-refractivity contribution in [3.63, 3.8) is 0 Å². The highest BCUT2D eigenvalue weighted by Crippen LogP contribution is 2.42. The molecule has 0 heterocycles. The van der Waals surface area contributed by atoms with Crippen LogP contribution in [0.25, 0.3) is 22.3 Å². The third kappa shape index (κ3) is 5.85. The first-order valence-electron chi connectivity index (χ1n) is 11.7. The fourth-order valence-corrected chi connectivity index (χ4v) is 4.06. The lowest BCUT2D eigenvalue weighted by Gasteiger charge is -2.19. The van der Waals surface area contributed by atoms with Gasteiger partial charge in [0.15, 0.2) is 0 Å². The number of ether oxygens (including phenoxy) is 2. The number of hydrogen-bond acceptors (Lipinski definition) is 3. The van der Waals surface area contributed by atoms with E-state index in [4.69, 9.17) is 9.47 Å². The van der Waals surface area contributed by atoms with Crippen molar-refractivity contribution >= 4 is 5.97 Å². The fourth-order valence-electron chi connectivity index (χ4n) is 4.06. The Balaban J connectivity index is 1.87. The van der Waals surface area contributed by atoms with Gasteiger partial charge in [-0.25, -0.2) is 13.6 Å². The van der Waals surface area contributed by atoms with E-state index in [0.29, 0.717) is 22.8 Å². The summed E-state index contributed by atoms with van der Waals surface area (Å²) in [6, 6.07) is 17.8. The van der Waals surface area contributed by atoms with Gasteiger partial charge in [-0.2, -0.15) is 13.2 Å². The van der Waals surface area contributed by atoms with Crippen LogP contribution in [-0.4, -0.2) is 12.6 Å². The second kappa shape index (κ2) is 11.0. The highest BCUT2D eigenvalue weighted by molar-refractivity contribution is 6.00. The molecule has 0 bridgehead atoms. The van der Waals surface area contributed by atoms with Crippen molar-refractivity contribution < 1.29 is 36.2 Å². The molecule has 4 rings (SSSR count). The Hall–Kier alpha value is -4.20. The first-order chi connectivity index (χ1) is 18.1. The molecule has 196 valence electrons. The van der Waals surface area contributed by atoms with Gasteiger partial charge in [-0.1, -0.05) is 42.0 Å². The summed E-state index contributed by atoms with van der Waals surface area (Å²) < 4.78 is 79.5. The minimum Gasteiger partial charge on any atom is -0.488 e. The molecule has 0 spiro atoms. The van der Waals surface area contributed by atoms with Crippen LogP contribution in [-0.2, 0) is 17.5 Å². The van der Waals surface area contributed by atoms with Crippen molar-refractivity contribution in [2.45, 2.75) is 26.6 Å². The van der Waals surface area contributed by atoms with Gasteiger partial charge in [-0.15, -0.1) is 0 Å². The van der Waals surface area contributed by atoms with Crippen LogP contribution in [0.15, 0.2) is 78.9 Å². The maximum atomic E-state index is 14.2. The maximum absolute atomic E-state index is 14.2. The van der Waals surface area contributed by atoms with Gasteiger partial charge < -0.3 is 9.47 Å². The largest absolute Gasteiger partial charge is 0.488 e. The van der Waals surface area contributed by atoms with Crippen LogP contribution < -0.4 is 4.74 Å². The number of benzene rings is 4. The maximum Gasteiger partial charge on any atom is 0.416 e. The van der Waals surface area contributed by atoms with Gasteiger partial charge in [0.05, 0.1) is 17.7 Å².